The summed E-state index contributed by atoms with van der Waals surface area (Å²) in [7, 11) is 1.80. The van der Waals surface area contributed by atoms with Gasteiger partial charge in [0, 0.05) is 5.56 Å². The minimum absolute atomic E-state index is 0.277. The van der Waals surface area contributed by atoms with Gasteiger partial charge in [0.1, 0.15) is 5.82 Å². The maximum absolute atomic E-state index is 13.9. The summed E-state index contributed by atoms with van der Waals surface area (Å²) >= 11 is 0. The third-order valence-corrected chi connectivity index (χ3v) is 2.78. The molecule has 0 spiro atoms. The Balaban J connectivity index is 3.41. The van der Waals surface area contributed by atoms with Gasteiger partial charge in [-0.2, -0.15) is 0 Å². The number of Topliss-reactive ketones (excluding diaryl/α,β-unsaturated/α-hetero) is 1. The van der Waals surface area contributed by atoms with Crippen LogP contribution >= 0.6 is 0 Å². The molecule has 0 aromatic heterocycles. The molecule has 1 aromatic rings. The zero-order chi connectivity index (χ0) is 16.3. The predicted molar refractivity (Wildman–Crippen MR) is 62.9 cm³/mol. The normalized spacial score (nSPS) is 10.4. The summed E-state index contributed by atoms with van der Waals surface area (Å²) in [6, 6.07) is 0.277. The first-order chi connectivity index (χ1) is 9.76. The molecule has 0 saturated heterocycles. The van der Waals surface area contributed by atoms with E-state index in [1.807, 2.05) is 0 Å². The fraction of sp³-hybridized carbons (Fsp3) is 0.308. The SMILES string of the molecule is COC(=O)C(C(=O)OC)C(=O)c1cc(F)c(F)c(C)c1F. The van der Waals surface area contributed by atoms with E-state index in [1.165, 1.54) is 0 Å². The molecule has 0 unspecified atom stereocenters. The van der Waals surface area contributed by atoms with Crippen molar-refractivity contribution in [3.05, 3.63) is 34.6 Å². The van der Waals surface area contributed by atoms with Crippen LogP contribution in [-0.2, 0) is 19.1 Å². The molecule has 0 fully saturated rings. The summed E-state index contributed by atoms with van der Waals surface area (Å²) in [5.74, 6) is -10.4. The van der Waals surface area contributed by atoms with Crippen molar-refractivity contribution >= 4 is 17.7 Å². The summed E-state index contributed by atoms with van der Waals surface area (Å²) in [4.78, 5) is 34.9. The van der Waals surface area contributed by atoms with E-state index in [0.717, 1.165) is 21.1 Å². The van der Waals surface area contributed by atoms with Crippen molar-refractivity contribution < 1.29 is 37.0 Å². The maximum atomic E-state index is 13.9. The number of ether oxygens (including phenoxy) is 2. The summed E-state index contributed by atoms with van der Waals surface area (Å²) in [5.41, 5.74) is -1.68. The number of ketones is 1. The Hall–Kier alpha value is -2.38. The standard InChI is InChI=1S/C13H11F3O5/c1-5-9(15)6(4-7(14)10(5)16)11(17)8(12(18)20-2)13(19)21-3/h4,8H,1-3H3. The van der Waals surface area contributed by atoms with Gasteiger partial charge in [-0.1, -0.05) is 0 Å². The second-order valence-corrected chi connectivity index (χ2v) is 4.00. The van der Waals surface area contributed by atoms with E-state index in [2.05, 4.69) is 9.47 Å². The molecule has 21 heavy (non-hydrogen) atoms. The van der Waals surface area contributed by atoms with Gasteiger partial charge in [0.15, 0.2) is 17.4 Å². The number of hydrogen-bond donors (Lipinski definition) is 0. The Morgan fingerprint density at radius 3 is 1.90 bits per heavy atom. The minimum atomic E-state index is -2.11. The van der Waals surface area contributed by atoms with Crippen LogP contribution in [0.3, 0.4) is 0 Å². The largest absolute Gasteiger partial charge is 0.468 e. The molecule has 0 bridgehead atoms. The third kappa shape index (κ3) is 3.04. The van der Waals surface area contributed by atoms with E-state index in [0.29, 0.717) is 0 Å². The molecular formula is C13H11F3O5. The van der Waals surface area contributed by atoms with Gasteiger partial charge < -0.3 is 9.47 Å². The van der Waals surface area contributed by atoms with E-state index < -0.39 is 52.2 Å². The monoisotopic (exact) mass is 304 g/mol. The highest BCUT2D eigenvalue weighted by atomic mass is 19.2. The number of esters is 2. The Morgan fingerprint density at radius 2 is 1.48 bits per heavy atom. The molecule has 114 valence electrons. The lowest BCUT2D eigenvalue weighted by Gasteiger charge is -2.13. The highest BCUT2D eigenvalue weighted by molar-refractivity contribution is 6.20. The minimum Gasteiger partial charge on any atom is -0.468 e. The predicted octanol–water partition coefficient (Wildman–Crippen LogP) is 1.56. The van der Waals surface area contributed by atoms with E-state index in [4.69, 9.17) is 0 Å². The Bertz CT molecular complexity index is 596. The second-order valence-electron chi connectivity index (χ2n) is 4.00. The molecule has 8 heteroatoms. The molecule has 0 atom stereocenters. The first-order valence-corrected chi connectivity index (χ1v) is 5.60. The van der Waals surface area contributed by atoms with Crippen LogP contribution in [0.4, 0.5) is 13.2 Å². The number of rotatable bonds is 4. The Kier molecular flexibility index (Phi) is 5.07. The number of benzene rings is 1. The lowest BCUT2D eigenvalue weighted by molar-refractivity contribution is -0.155. The van der Waals surface area contributed by atoms with Crippen molar-refractivity contribution in [3.8, 4) is 0 Å². The zero-order valence-corrected chi connectivity index (χ0v) is 11.3. The van der Waals surface area contributed by atoms with Crippen molar-refractivity contribution in [2.24, 2.45) is 5.92 Å². The lowest BCUT2D eigenvalue weighted by atomic mass is 9.95. The van der Waals surface area contributed by atoms with E-state index in [-0.39, 0.29) is 6.07 Å². The van der Waals surface area contributed by atoms with Crippen LogP contribution in [0.15, 0.2) is 6.07 Å². The van der Waals surface area contributed by atoms with Gasteiger partial charge in [-0.15, -0.1) is 0 Å². The highest BCUT2D eigenvalue weighted by Crippen LogP contribution is 2.22. The number of halogens is 3. The fourth-order valence-corrected chi connectivity index (χ4v) is 1.61. The summed E-state index contributed by atoms with van der Waals surface area (Å²) < 4.78 is 48.8. The van der Waals surface area contributed by atoms with Crippen molar-refractivity contribution in [2.75, 3.05) is 14.2 Å². The first kappa shape index (κ1) is 16.7. The van der Waals surface area contributed by atoms with Crippen LogP contribution in [0.5, 0.6) is 0 Å². The van der Waals surface area contributed by atoms with Crippen LogP contribution in [0.1, 0.15) is 15.9 Å². The zero-order valence-electron chi connectivity index (χ0n) is 11.3. The Morgan fingerprint density at radius 1 is 1.00 bits per heavy atom. The molecule has 0 saturated carbocycles. The topological polar surface area (TPSA) is 69.7 Å². The van der Waals surface area contributed by atoms with Crippen molar-refractivity contribution in [1.82, 2.24) is 0 Å². The quantitative estimate of drug-likeness (QED) is 0.365. The van der Waals surface area contributed by atoms with Crippen LogP contribution in [-0.4, -0.2) is 31.9 Å². The van der Waals surface area contributed by atoms with Crippen molar-refractivity contribution in [1.29, 1.82) is 0 Å². The lowest BCUT2D eigenvalue weighted by Crippen LogP contribution is -2.34. The van der Waals surface area contributed by atoms with Gasteiger partial charge in [0.25, 0.3) is 0 Å². The van der Waals surface area contributed by atoms with E-state index in [1.54, 1.807) is 0 Å². The molecular weight excluding hydrogens is 293 g/mol. The molecule has 0 heterocycles. The van der Waals surface area contributed by atoms with Crippen LogP contribution in [0, 0.1) is 30.3 Å². The molecule has 0 aliphatic rings. The molecule has 0 aliphatic heterocycles. The van der Waals surface area contributed by atoms with Crippen LogP contribution in [0.2, 0.25) is 0 Å². The number of carbonyl (C=O) groups is 3. The van der Waals surface area contributed by atoms with Gasteiger partial charge in [0.05, 0.1) is 19.8 Å². The summed E-state index contributed by atoms with van der Waals surface area (Å²) in [6.07, 6.45) is 0. The highest BCUT2D eigenvalue weighted by Gasteiger charge is 2.38. The molecule has 0 amide bonds. The summed E-state index contributed by atoms with van der Waals surface area (Å²) in [6.45, 7) is 0.913. The molecule has 0 aliphatic carbocycles. The molecule has 0 N–H and O–H groups in total. The second kappa shape index (κ2) is 6.38. The number of methoxy groups -OCH3 is 2. The van der Waals surface area contributed by atoms with Crippen molar-refractivity contribution in [2.45, 2.75) is 6.92 Å². The van der Waals surface area contributed by atoms with Gasteiger partial charge in [0.2, 0.25) is 5.92 Å². The van der Waals surface area contributed by atoms with E-state index in [9.17, 15) is 27.6 Å². The first-order valence-electron chi connectivity index (χ1n) is 5.60. The molecule has 1 rings (SSSR count). The van der Waals surface area contributed by atoms with Gasteiger partial charge in [-0.3, -0.25) is 14.4 Å². The smallest absolute Gasteiger partial charge is 0.328 e. The average molecular weight is 304 g/mol. The van der Waals surface area contributed by atoms with Crippen LogP contribution < -0.4 is 0 Å². The Labute approximate surface area is 117 Å². The van der Waals surface area contributed by atoms with Gasteiger partial charge >= 0.3 is 11.9 Å². The molecule has 0 radical (unpaired) electrons. The maximum Gasteiger partial charge on any atom is 0.328 e. The third-order valence-electron chi connectivity index (χ3n) is 2.78. The van der Waals surface area contributed by atoms with Crippen molar-refractivity contribution in [3.63, 3.8) is 0 Å². The molecule has 5 nitrogen and oxygen atoms in total. The number of hydrogen-bond acceptors (Lipinski definition) is 5. The van der Waals surface area contributed by atoms with E-state index >= 15 is 0 Å². The summed E-state index contributed by atoms with van der Waals surface area (Å²) in [5, 5.41) is 0. The van der Waals surface area contributed by atoms with Gasteiger partial charge in [-0.05, 0) is 13.0 Å². The molecule has 1 aromatic carbocycles. The van der Waals surface area contributed by atoms with Gasteiger partial charge in [-0.25, -0.2) is 13.2 Å². The van der Waals surface area contributed by atoms with Crippen LogP contribution in [0.25, 0.3) is 0 Å². The average Bonchev–Trinajstić information content (AvgIpc) is 2.48. The number of carbonyl (C=O) groups excluding carboxylic acids is 3. The fourth-order valence-electron chi connectivity index (χ4n) is 1.61.